The second-order valence-electron chi connectivity index (χ2n) is 9.95. The smallest absolute Gasteiger partial charge is 0.155 e. The van der Waals surface area contributed by atoms with Gasteiger partial charge >= 0.3 is 0 Å². The van der Waals surface area contributed by atoms with Gasteiger partial charge in [0.15, 0.2) is 5.78 Å². The first-order chi connectivity index (χ1) is 11.2. The molecule has 3 fully saturated rings. The van der Waals surface area contributed by atoms with Crippen LogP contribution in [0.25, 0.3) is 0 Å². The highest BCUT2D eigenvalue weighted by molar-refractivity contribution is 5.91. The lowest BCUT2D eigenvalue weighted by Gasteiger charge is -2.63. The molecule has 0 amide bonds. The first kappa shape index (κ1) is 16.5. The van der Waals surface area contributed by atoms with Crippen LogP contribution in [0, 0.1) is 34.0 Å². The number of rotatable bonds is 1. The molecule has 0 N–H and O–H groups in total. The van der Waals surface area contributed by atoms with Crippen molar-refractivity contribution < 1.29 is 9.59 Å². The van der Waals surface area contributed by atoms with Crippen LogP contribution in [0.3, 0.4) is 0 Å². The molecule has 2 nitrogen and oxygen atoms in total. The summed E-state index contributed by atoms with van der Waals surface area (Å²) in [5.74, 6) is 2.38. The van der Waals surface area contributed by atoms with Crippen molar-refractivity contribution in [3.63, 3.8) is 0 Å². The minimum absolute atomic E-state index is 0.207. The van der Waals surface area contributed by atoms with Crippen LogP contribution in [-0.2, 0) is 9.59 Å². The van der Waals surface area contributed by atoms with E-state index >= 15 is 0 Å². The van der Waals surface area contributed by atoms with Gasteiger partial charge < -0.3 is 0 Å². The first-order valence-electron chi connectivity index (χ1n) is 9.96. The van der Waals surface area contributed by atoms with Crippen molar-refractivity contribution in [2.45, 2.75) is 79.1 Å². The van der Waals surface area contributed by atoms with Crippen LogP contribution >= 0.6 is 0 Å². The van der Waals surface area contributed by atoms with Crippen molar-refractivity contribution in [2.24, 2.45) is 34.0 Å². The maximum atomic E-state index is 12.3. The number of Topliss-reactive ketones (excluding diaryl/α,β-unsaturated/α-hetero) is 1. The zero-order valence-electron chi connectivity index (χ0n) is 15.8. The van der Waals surface area contributed by atoms with E-state index in [2.05, 4.69) is 20.8 Å². The molecule has 0 aliphatic heterocycles. The molecule has 0 heterocycles. The van der Waals surface area contributed by atoms with Crippen molar-refractivity contribution >= 4 is 11.6 Å². The summed E-state index contributed by atoms with van der Waals surface area (Å²) in [6.07, 6.45) is 10.8. The Hall–Kier alpha value is -0.920. The van der Waals surface area contributed by atoms with E-state index in [0.717, 1.165) is 25.7 Å². The predicted octanol–water partition coefficient (Wildman–Crippen LogP) is 5.11. The molecule has 0 saturated heterocycles. The summed E-state index contributed by atoms with van der Waals surface area (Å²) >= 11 is 0. The Bertz CT molecular complexity index is 632. The van der Waals surface area contributed by atoms with E-state index in [1.807, 2.05) is 13.0 Å². The largest absolute Gasteiger partial charge is 0.300 e. The third kappa shape index (κ3) is 1.95. The molecule has 4 aliphatic rings. The van der Waals surface area contributed by atoms with E-state index in [1.165, 1.54) is 31.3 Å². The highest BCUT2D eigenvalue weighted by Gasteiger charge is 2.64. The third-order valence-corrected chi connectivity index (χ3v) is 9.05. The lowest BCUT2D eigenvalue weighted by atomic mass is 9.41. The summed E-state index contributed by atoms with van der Waals surface area (Å²) in [7, 11) is 0. The minimum Gasteiger partial charge on any atom is -0.300 e. The molecule has 0 aromatic rings. The topological polar surface area (TPSA) is 34.1 Å². The quantitative estimate of drug-likeness (QED) is 0.670. The molecule has 0 spiro atoms. The summed E-state index contributed by atoms with van der Waals surface area (Å²) in [6.45, 7) is 9.19. The van der Waals surface area contributed by atoms with E-state index in [-0.39, 0.29) is 16.7 Å². The fourth-order valence-electron chi connectivity index (χ4n) is 7.89. The zero-order chi connectivity index (χ0) is 17.3. The molecule has 2 heteroatoms. The molecule has 132 valence electrons. The second-order valence-corrected chi connectivity index (χ2v) is 9.95. The molecule has 0 unspecified atom stereocenters. The van der Waals surface area contributed by atoms with Gasteiger partial charge in [0.25, 0.3) is 0 Å². The Labute approximate surface area is 146 Å². The molecule has 24 heavy (non-hydrogen) atoms. The summed E-state index contributed by atoms with van der Waals surface area (Å²) in [5.41, 5.74) is 2.20. The maximum Gasteiger partial charge on any atom is 0.155 e. The lowest BCUT2D eigenvalue weighted by molar-refractivity contribution is -0.138. The third-order valence-electron chi connectivity index (χ3n) is 9.05. The minimum atomic E-state index is 0.207. The summed E-state index contributed by atoms with van der Waals surface area (Å²) < 4.78 is 0. The average molecular weight is 328 g/mol. The van der Waals surface area contributed by atoms with Gasteiger partial charge in [-0.3, -0.25) is 9.59 Å². The Morgan fingerprint density at radius 2 is 1.71 bits per heavy atom. The Kier molecular flexibility index (Phi) is 3.48. The molecule has 4 aliphatic carbocycles. The summed E-state index contributed by atoms with van der Waals surface area (Å²) in [6, 6.07) is 0. The van der Waals surface area contributed by atoms with Gasteiger partial charge in [0.1, 0.15) is 5.78 Å². The second kappa shape index (κ2) is 5.05. The number of fused-ring (bicyclic) bond motifs is 5. The van der Waals surface area contributed by atoms with Crippen LogP contribution < -0.4 is 0 Å². The SMILES string of the molecule is CC(=O)[C@H]1CC[C@@H]2[C@]1(C)CC[C@H]1[C@@]2(C)CCC2=CC(=O)CC[C@@]21C. The highest BCUT2D eigenvalue weighted by atomic mass is 16.1. The van der Waals surface area contributed by atoms with Crippen molar-refractivity contribution in [3.05, 3.63) is 11.6 Å². The van der Waals surface area contributed by atoms with Crippen molar-refractivity contribution in [3.8, 4) is 0 Å². The Morgan fingerprint density at radius 3 is 2.42 bits per heavy atom. The first-order valence-corrected chi connectivity index (χ1v) is 9.96. The molecular formula is C22H32O2. The van der Waals surface area contributed by atoms with E-state index in [1.54, 1.807) is 0 Å². The van der Waals surface area contributed by atoms with Crippen LogP contribution in [0.4, 0.5) is 0 Å². The standard InChI is InChI=1S/C22H32O2/c1-14(23)17-5-6-18-21(17,3)12-9-19-20(2)11-8-16(24)13-15(20)7-10-22(18,19)4/h13,17-19H,5-12H2,1-4H3/t17-,18-,19-,20+,21-,22+/m1/s1. The monoisotopic (exact) mass is 328 g/mol. The number of ketones is 2. The van der Waals surface area contributed by atoms with Gasteiger partial charge in [-0.2, -0.15) is 0 Å². The van der Waals surface area contributed by atoms with Gasteiger partial charge in [-0.25, -0.2) is 0 Å². The maximum absolute atomic E-state index is 12.3. The number of hydrogen-bond donors (Lipinski definition) is 0. The van der Waals surface area contributed by atoms with Gasteiger partial charge in [0.05, 0.1) is 0 Å². The van der Waals surface area contributed by atoms with Crippen molar-refractivity contribution in [2.75, 3.05) is 0 Å². The van der Waals surface area contributed by atoms with Gasteiger partial charge in [-0.1, -0.05) is 26.3 Å². The van der Waals surface area contributed by atoms with E-state index in [9.17, 15) is 9.59 Å². The molecule has 0 radical (unpaired) electrons. The van der Waals surface area contributed by atoms with Crippen molar-refractivity contribution in [1.82, 2.24) is 0 Å². The van der Waals surface area contributed by atoms with Crippen LogP contribution in [0.15, 0.2) is 11.6 Å². The number of carbonyl (C=O) groups is 2. The fourth-order valence-corrected chi connectivity index (χ4v) is 7.89. The average Bonchev–Trinajstić information content (AvgIpc) is 2.87. The van der Waals surface area contributed by atoms with Crippen LogP contribution in [0.2, 0.25) is 0 Å². The Morgan fingerprint density at radius 1 is 0.958 bits per heavy atom. The van der Waals surface area contributed by atoms with E-state index < -0.39 is 0 Å². The molecule has 0 bridgehead atoms. The van der Waals surface area contributed by atoms with E-state index in [4.69, 9.17) is 0 Å². The normalized spacial score (nSPS) is 50.6. The molecular weight excluding hydrogens is 296 g/mol. The van der Waals surface area contributed by atoms with Crippen LogP contribution in [-0.4, -0.2) is 11.6 Å². The molecule has 6 atom stereocenters. The van der Waals surface area contributed by atoms with Gasteiger partial charge in [-0.05, 0) is 86.0 Å². The Balaban J connectivity index is 1.74. The molecule has 0 aromatic carbocycles. The lowest BCUT2D eigenvalue weighted by Crippen LogP contribution is -2.56. The number of hydrogen-bond acceptors (Lipinski definition) is 2. The number of carbonyl (C=O) groups excluding carboxylic acids is 2. The summed E-state index contributed by atoms with van der Waals surface area (Å²) in [5, 5.41) is 0. The zero-order valence-corrected chi connectivity index (χ0v) is 15.8. The molecule has 3 saturated carbocycles. The molecule has 0 aromatic heterocycles. The van der Waals surface area contributed by atoms with Crippen LogP contribution in [0.5, 0.6) is 0 Å². The van der Waals surface area contributed by atoms with Crippen molar-refractivity contribution in [1.29, 1.82) is 0 Å². The van der Waals surface area contributed by atoms with Crippen LogP contribution in [0.1, 0.15) is 79.1 Å². The highest BCUT2D eigenvalue weighted by Crippen LogP contribution is 2.71. The number of allylic oxidation sites excluding steroid dienone is 1. The molecule has 4 rings (SSSR count). The van der Waals surface area contributed by atoms with Gasteiger partial charge in [0, 0.05) is 12.3 Å². The fraction of sp³-hybridized carbons (Fsp3) is 0.818. The predicted molar refractivity (Wildman–Crippen MR) is 95.5 cm³/mol. The van der Waals surface area contributed by atoms with Gasteiger partial charge in [0.2, 0.25) is 0 Å². The summed E-state index contributed by atoms with van der Waals surface area (Å²) in [4.78, 5) is 24.2. The van der Waals surface area contributed by atoms with Gasteiger partial charge in [-0.15, -0.1) is 0 Å². The van der Waals surface area contributed by atoms with E-state index in [0.29, 0.717) is 28.8 Å².